The fourth-order valence-corrected chi connectivity index (χ4v) is 2.72. The molecule has 1 aromatic heterocycles. The van der Waals surface area contributed by atoms with Crippen LogP contribution >= 0.6 is 0 Å². The molecule has 1 unspecified atom stereocenters. The van der Waals surface area contributed by atoms with Crippen molar-refractivity contribution >= 4 is 5.82 Å². The van der Waals surface area contributed by atoms with Crippen LogP contribution in [0.2, 0.25) is 0 Å². The molecule has 1 aliphatic heterocycles. The molecule has 0 amide bonds. The van der Waals surface area contributed by atoms with Crippen LogP contribution in [-0.4, -0.2) is 29.8 Å². The van der Waals surface area contributed by atoms with Gasteiger partial charge in [-0.3, -0.25) is 0 Å². The molecular formula is C15H18N4. The van der Waals surface area contributed by atoms with E-state index in [0.29, 0.717) is 6.04 Å². The van der Waals surface area contributed by atoms with E-state index in [4.69, 9.17) is 0 Å². The Morgan fingerprint density at radius 1 is 1.21 bits per heavy atom. The van der Waals surface area contributed by atoms with Crippen LogP contribution in [0.5, 0.6) is 0 Å². The van der Waals surface area contributed by atoms with Crippen LogP contribution in [-0.2, 0) is 13.0 Å². The van der Waals surface area contributed by atoms with Gasteiger partial charge in [0.25, 0.3) is 0 Å². The number of likely N-dealkylation sites (N-methyl/N-ethyl adjacent to an activating group) is 1. The average Bonchev–Trinajstić information content (AvgIpc) is 2.48. The third kappa shape index (κ3) is 2.44. The van der Waals surface area contributed by atoms with E-state index in [1.54, 1.807) is 6.20 Å². The highest BCUT2D eigenvalue weighted by molar-refractivity contribution is 5.45. The second kappa shape index (κ2) is 5.36. The lowest BCUT2D eigenvalue weighted by Gasteiger charge is -2.37. The monoisotopic (exact) mass is 254 g/mol. The maximum absolute atomic E-state index is 4.26. The topological polar surface area (TPSA) is 41.0 Å². The zero-order valence-corrected chi connectivity index (χ0v) is 11.1. The van der Waals surface area contributed by atoms with Crippen LogP contribution in [0.3, 0.4) is 0 Å². The summed E-state index contributed by atoms with van der Waals surface area (Å²) in [5.74, 6) is 0.956. The number of benzene rings is 1. The second-order valence-corrected chi connectivity index (χ2v) is 4.89. The molecule has 4 heteroatoms. The van der Waals surface area contributed by atoms with E-state index >= 15 is 0 Å². The molecule has 0 aliphatic carbocycles. The standard InChI is InChI=1S/C15H18N4/c1-16-10-14-9-12-5-2-3-6-13(12)11-19(14)15-7-4-8-17-18-15/h2-8,14,16H,9-11H2,1H3. The summed E-state index contributed by atoms with van der Waals surface area (Å²) in [6, 6.07) is 13.1. The minimum atomic E-state index is 0.427. The zero-order chi connectivity index (χ0) is 13.1. The Morgan fingerprint density at radius 2 is 2.05 bits per heavy atom. The number of aromatic nitrogens is 2. The number of hydrogen-bond donors (Lipinski definition) is 1. The van der Waals surface area contributed by atoms with Gasteiger partial charge in [0, 0.05) is 25.3 Å². The SMILES string of the molecule is CNCC1Cc2ccccc2CN1c1cccnn1. The molecular weight excluding hydrogens is 236 g/mol. The number of nitrogens with zero attached hydrogens (tertiary/aromatic N) is 3. The molecule has 2 aromatic rings. The first-order valence-electron chi connectivity index (χ1n) is 6.64. The van der Waals surface area contributed by atoms with Crippen molar-refractivity contribution in [3.63, 3.8) is 0 Å². The summed E-state index contributed by atoms with van der Waals surface area (Å²) < 4.78 is 0. The van der Waals surface area contributed by atoms with Gasteiger partial charge in [0.05, 0.1) is 0 Å². The lowest BCUT2D eigenvalue weighted by Crippen LogP contribution is -2.46. The Labute approximate surface area is 113 Å². The molecule has 1 atom stereocenters. The van der Waals surface area contributed by atoms with Crippen LogP contribution in [0.15, 0.2) is 42.6 Å². The van der Waals surface area contributed by atoms with Crippen LogP contribution in [0.1, 0.15) is 11.1 Å². The van der Waals surface area contributed by atoms with Gasteiger partial charge in [0.1, 0.15) is 0 Å². The van der Waals surface area contributed by atoms with E-state index in [1.807, 2.05) is 19.2 Å². The van der Waals surface area contributed by atoms with E-state index in [1.165, 1.54) is 11.1 Å². The van der Waals surface area contributed by atoms with Gasteiger partial charge in [0.2, 0.25) is 0 Å². The smallest absolute Gasteiger partial charge is 0.151 e. The molecule has 2 heterocycles. The maximum Gasteiger partial charge on any atom is 0.151 e. The van der Waals surface area contributed by atoms with Crippen molar-refractivity contribution in [1.29, 1.82) is 0 Å². The fourth-order valence-electron chi connectivity index (χ4n) is 2.72. The summed E-state index contributed by atoms with van der Waals surface area (Å²) in [5, 5.41) is 11.5. The average molecular weight is 254 g/mol. The van der Waals surface area contributed by atoms with Gasteiger partial charge in [0.15, 0.2) is 5.82 Å². The molecule has 4 nitrogen and oxygen atoms in total. The predicted octanol–water partition coefficient (Wildman–Crippen LogP) is 1.63. The summed E-state index contributed by atoms with van der Waals surface area (Å²) in [4.78, 5) is 2.34. The molecule has 0 bridgehead atoms. The third-order valence-corrected chi connectivity index (χ3v) is 3.65. The van der Waals surface area contributed by atoms with E-state index in [9.17, 15) is 0 Å². The molecule has 0 spiro atoms. The molecule has 0 fully saturated rings. The summed E-state index contributed by atoms with van der Waals surface area (Å²) in [5.41, 5.74) is 2.84. The lowest BCUT2D eigenvalue weighted by atomic mass is 9.94. The summed E-state index contributed by atoms with van der Waals surface area (Å²) in [6.07, 6.45) is 2.77. The number of anilines is 1. The van der Waals surface area contributed by atoms with Gasteiger partial charge >= 0.3 is 0 Å². The largest absolute Gasteiger partial charge is 0.346 e. The van der Waals surface area contributed by atoms with Crippen molar-refractivity contribution in [3.8, 4) is 0 Å². The first-order chi connectivity index (χ1) is 9.38. The molecule has 1 aliphatic rings. The van der Waals surface area contributed by atoms with Gasteiger partial charge in [-0.2, -0.15) is 5.10 Å². The van der Waals surface area contributed by atoms with Crippen LogP contribution in [0.25, 0.3) is 0 Å². The molecule has 98 valence electrons. The minimum absolute atomic E-state index is 0.427. The summed E-state index contributed by atoms with van der Waals surface area (Å²) in [7, 11) is 2.00. The number of rotatable bonds is 3. The summed E-state index contributed by atoms with van der Waals surface area (Å²) in [6.45, 7) is 1.85. The summed E-state index contributed by atoms with van der Waals surface area (Å²) >= 11 is 0. The van der Waals surface area contributed by atoms with Crippen molar-refractivity contribution in [2.24, 2.45) is 0 Å². The number of hydrogen-bond acceptors (Lipinski definition) is 4. The first kappa shape index (κ1) is 12.1. The van der Waals surface area contributed by atoms with Crippen molar-refractivity contribution in [3.05, 3.63) is 53.7 Å². The first-order valence-corrected chi connectivity index (χ1v) is 6.64. The van der Waals surface area contributed by atoms with Gasteiger partial charge in [-0.05, 0) is 36.7 Å². The van der Waals surface area contributed by atoms with E-state index in [0.717, 1.165) is 25.3 Å². The van der Waals surface area contributed by atoms with Gasteiger partial charge in [-0.1, -0.05) is 24.3 Å². The van der Waals surface area contributed by atoms with Gasteiger partial charge < -0.3 is 10.2 Å². The zero-order valence-electron chi connectivity index (χ0n) is 11.1. The molecule has 0 saturated heterocycles. The van der Waals surface area contributed by atoms with Crippen molar-refractivity contribution in [2.45, 2.75) is 19.0 Å². The van der Waals surface area contributed by atoms with E-state index < -0.39 is 0 Å². The Bertz CT molecular complexity index is 541. The number of nitrogens with one attached hydrogen (secondary N) is 1. The van der Waals surface area contributed by atoms with E-state index in [2.05, 4.69) is 44.7 Å². The Kier molecular flexibility index (Phi) is 3.42. The van der Waals surface area contributed by atoms with Crippen LogP contribution in [0, 0.1) is 0 Å². The minimum Gasteiger partial charge on any atom is -0.346 e. The third-order valence-electron chi connectivity index (χ3n) is 3.65. The molecule has 1 aromatic carbocycles. The number of fused-ring (bicyclic) bond motifs is 1. The highest BCUT2D eigenvalue weighted by atomic mass is 15.3. The fraction of sp³-hybridized carbons (Fsp3) is 0.333. The molecule has 1 N–H and O–H groups in total. The molecule has 0 saturated carbocycles. The Morgan fingerprint density at radius 3 is 2.79 bits per heavy atom. The Balaban J connectivity index is 1.94. The maximum atomic E-state index is 4.26. The normalized spacial score (nSPS) is 18.2. The highest BCUT2D eigenvalue weighted by Crippen LogP contribution is 2.26. The van der Waals surface area contributed by atoms with Crippen molar-refractivity contribution in [1.82, 2.24) is 15.5 Å². The van der Waals surface area contributed by atoms with Crippen LogP contribution < -0.4 is 10.2 Å². The Hall–Kier alpha value is -1.94. The van der Waals surface area contributed by atoms with E-state index in [-0.39, 0.29) is 0 Å². The van der Waals surface area contributed by atoms with Crippen LogP contribution in [0.4, 0.5) is 5.82 Å². The molecule has 3 rings (SSSR count). The van der Waals surface area contributed by atoms with Gasteiger partial charge in [-0.25, -0.2) is 0 Å². The second-order valence-electron chi connectivity index (χ2n) is 4.89. The van der Waals surface area contributed by atoms with Crippen molar-refractivity contribution < 1.29 is 0 Å². The molecule has 19 heavy (non-hydrogen) atoms. The highest BCUT2D eigenvalue weighted by Gasteiger charge is 2.26. The quantitative estimate of drug-likeness (QED) is 0.904. The van der Waals surface area contributed by atoms with Crippen molar-refractivity contribution in [2.75, 3.05) is 18.5 Å². The van der Waals surface area contributed by atoms with Gasteiger partial charge in [-0.15, -0.1) is 5.10 Å². The molecule has 0 radical (unpaired) electrons. The lowest BCUT2D eigenvalue weighted by molar-refractivity contribution is 0.521. The predicted molar refractivity (Wildman–Crippen MR) is 76.1 cm³/mol.